The lowest BCUT2D eigenvalue weighted by molar-refractivity contribution is -0.139. The van der Waals surface area contributed by atoms with Crippen molar-refractivity contribution >= 4 is 17.6 Å². The van der Waals surface area contributed by atoms with E-state index in [0.29, 0.717) is 23.8 Å². The van der Waals surface area contributed by atoms with E-state index in [-0.39, 0.29) is 5.91 Å². The quantitative estimate of drug-likeness (QED) is 0.807. The van der Waals surface area contributed by atoms with Gasteiger partial charge in [-0.3, -0.25) is 4.79 Å². The summed E-state index contributed by atoms with van der Waals surface area (Å²) in [6.07, 6.45) is 3.38. The van der Waals surface area contributed by atoms with E-state index in [1.165, 1.54) is 0 Å². The van der Waals surface area contributed by atoms with E-state index in [9.17, 15) is 9.59 Å². The molecule has 1 heterocycles. The van der Waals surface area contributed by atoms with Gasteiger partial charge in [0.1, 0.15) is 5.75 Å². The highest BCUT2D eigenvalue weighted by Gasteiger charge is 2.15. The number of carboxylic acids is 1. The van der Waals surface area contributed by atoms with Crippen LogP contribution in [0, 0.1) is 5.92 Å². The van der Waals surface area contributed by atoms with Crippen LogP contribution in [0.2, 0.25) is 0 Å². The third kappa shape index (κ3) is 5.73. The Bertz CT molecular complexity index is 511. The van der Waals surface area contributed by atoms with Crippen molar-refractivity contribution < 1.29 is 24.2 Å². The van der Waals surface area contributed by atoms with E-state index in [1.807, 2.05) is 0 Å². The van der Waals surface area contributed by atoms with Crippen molar-refractivity contribution in [2.24, 2.45) is 5.92 Å². The number of ether oxygens (including phenoxy) is 2. The number of hydrogen-bond acceptors (Lipinski definition) is 4. The van der Waals surface area contributed by atoms with Gasteiger partial charge in [0.05, 0.1) is 0 Å². The first-order valence-electron chi connectivity index (χ1n) is 7.46. The summed E-state index contributed by atoms with van der Waals surface area (Å²) in [7, 11) is 0. The van der Waals surface area contributed by atoms with E-state index in [2.05, 4.69) is 5.32 Å². The molecule has 0 saturated carbocycles. The lowest BCUT2D eigenvalue weighted by Crippen LogP contribution is -2.18. The van der Waals surface area contributed by atoms with Crippen molar-refractivity contribution in [1.29, 1.82) is 0 Å². The number of aliphatic carboxylic acids is 1. The van der Waals surface area contributed by atoms with Gasteiger partial charge < -0.3 is 19.9 Å². The van der Waals surface area contributed by atoms with Gasteiger partial charge in [0.25, 0.3) is 0 Å². The molecule has 0 aromatic heterocycles. The van der Waals surface area contributed by atoms with E-state index >= 15 is 0 Å². The summed E-state index contributed by atoms with van der Waals surface area (Å²) in [5, 5.41) is 11.4. The number of rotatable bonds is 7. The molecule has 2 N–H and O–H groups in total. The molecule has 2 rings (SSSR count). The average Bonchev–Trinajstić information content (AvgIpc) is 2.52. The molecule has 6 heteroatoms. The first-order valence-corrected chi connectivity index (χ1v) is 7.46. The summed E-state index contributed by atoms with van der Waals surface area (Å²) in [6, 6.07) is 6.74. The maximum absolute atomic E-state index is 12.0. The summed E-state index contributed by atoms with van der Waals surface area (Å²) in [6.45, 7) is 1.17. The molecule has 0 atom stereocenters. The van der Waals surface area contributed by atoms with Crippen LogP contribution in [0.4, 0.5) is 5.69 Å². The first-order chi connectivity index (χ1) is 10.6. The normalized spacial score (nSPS) is 15.3. The van der Waals surface area contributed by atoms with Gasteiger partial charge in [-0.15, -0.1) is 0 Å². The molecule has 0 aliphatic carbocycles. The number of carbonyl (C=O) groups is 2. The Labute approximate surface area is 129 Å². The van der Waals surface area contributed by atoms with Crippen LogP contribution in [0.3, 0.4) is 0 Å². The number of benzene rings is 1. The maximum Gasteiger partial charge on any atom is 0.341 e. The van der Waals surface area contributed by atoms with Crippen molar-refractivity contribution in [3.8, 4) is 5.75 Å². The second-order valence-corrected chi connectivity index (χ2v) is 5.35. The highest BCUT2D eigenvalue weighted by atomic mass is 16.5. The zero-order valence-electron chi connectivity index (χ0n) is 12.4. The van der Waals surface area contributed by atoms with E-state index in [4.69, 9.17) is 14.6 Å². The standard InChI is InChI=1S/C16H21NO5/c18-15(5-4-12-6-8-21-9-7-12)17-13-2-1-3-14(10-13)22-11-16(19)20/h1-3,10,12H,4-9,11H2,(H,17,18)(H,19,20). The van der Waals surface area contributed by atoms with Gasteiger partial charge >= 0.3 is 5.97 Å². The molecule has 6 nitrogen and oxygen atoms in total. The van der Waals surface area contributed by atoms with Gasteiger partial charge in [0, 0.05) is 31.4 Å². The Balaban J connectivity index is 1.77. The van der Waals surface area contributed by atoms with Crippen molar-refractivity contribution in [3.05, 3.63) is 24.3 Å². The van der Waals surface area contributed by atoms with Crippen molar-refractivity contribution in [2.75, 3.05) is 25.1 Å². The fraction of sp³-hybridized carbons (Fsp3) is 0.500. The van der Waals surface area contributed by atoms with Gasteiger partial charge in [-0.1, -0.05) is 6.07 Å². The molecule has 1 aromatic carbocycles. The maximum atomic E-state index is 12.0. The Morgan fingerprint density at radius 1 is 1.32 bits per heavy atom. The monoisotopic (exact) mass is 307 g/mol. The zero-order chi connectivity index (χ0) is 15.8. The number of nitrogens with one attached hydrogen (secondary N) is 1. The molecule has 1 aromatic rings. The van der Waals surface area contributed by atoms with Crippen LogP contribution in [0.15, 0.2) is 24.3 Å². The lowest BCUT2D eigenvalue weighted by Gasteiger charge is -2.21. The Kier molecular flexibility index (Phi) is 6.21. The number of amides is 1. The molecule has 0 bridgehead atoms. The van der Waals surface area contributed by atoms with E-state index in [1.54, 1.807) is 24.3 Å². The lowest BCUT2D eigenvalue weighted by atomic mass is 9.95. The second kappa shape index (κ2) is 8.38. The first kappa shape index (κ1) is 16.3. The highest BCUT2D eigenvalue weighted by Crippen LogP contribution is 2.21. The van der Waals surface area contributed by atoms with Crippen LogP contribution in [0.5, 0.6) is 5.75 Å². The Hall–Kier alpha value is -2.08. The minimum atomic E-state index is -1.04. The summed E-state index contributed by atoms with van der Waals surface area (Å²) < 4.78 is 10.4. The predicted molar refractivity (Wildman–Crippen MR) is 81.0 cm³/mol. The molecular weight excluding hydrogens is 286 g/mol. The van der Waals surface area contributed by atoms with E-state index < -0.39 is 12.6 Å². The molecule has 0 unspecified atom stereocenters. The fourth-order valence-electron chi connectivity index (χ4n) is 2.40. The van der Waals surface area contributed by atoms with E-state index in [0.717, 1.165) is 32.5 Å². The SMILES string of the molecule is O=C(O)COc1cccc(NC(=O)CCC2CCOCC2)c1. The van der Waals surface area contributed by atoms with Gasteiger partial charge in [-0.2, -0.15) is 0 Å². The summed E-state index contributed by atoms with van der Waals surface area (Å²) in [4.78, 5) is 22.4. The Morgan fingerprint density at radius 2 is 2.09 bits per heavy atom. The zero-order valence-corrected chi connectivity index (χ0v) is 12.4. The van der Waals surface area contributed by atoms with Gasteiger partial charge in [0.2, 0.25) is 5.91 Å². The molecule has 1 fully saturated rings. The van der Waals surface area contributed by atoms with Crippen LogP contribution >= 0.6 is 0 Å². The topological polar surface area (TPSA) is 84.9 Å². The van der Waals surface area contributed by atoms with Crippen LogP contribution in [0.25, 0.3) is 0 Å². The predicted octanol–water partition coefficient (Wildman–Crippen LogP) is 2.30. The molecule has 1 aliphatic heterocycles. The summed E-state index contributed by atoms with van der Waals surface area (Å²) in [5.74, 6) is -0.0952. The molecule has 22 heavy (non-hydrogen) atoms. The van der Waals surface area contributed by atoms with Crippen LogP contribution in [-0.4, -0.2) is 36.8 Å². The number of hydrogen-bond donors (Lipinski definition) is 2. The van der Waals surface area contributed by atoms with Crippen molar-refractivity contribution in [1.82, 2.24) is 0 Å². The Morgan fingerprint density at radius 3 is 2.82 bits per heavy atom. The second-order valence-electron chi connectivity index (χ2n) is 5.35. The number of carboxylic acid groups (broad SMARTS) is 1. The third-order valence-corrected chi connectivity index (χ3v) is 3.60. The molecule has 1 saturated heterocycles. The number of anilines is 1. The molecule has 1 amide bonds. The van der Waals surface area contributed by atoms with Gasteiger partial charge in [-0.25, -0.2) is 4.79 Å². The molecule has 0 spiro atoms. The van der Waals surface area contributed by atoms with Crippen LogP contribution in [-0.2, 0) is 14.3 Å². The fourth-order valence-corrected chi connectivity index (χ4v) is 2.40. The largest absolute Gasteiger partial charge is 0.482 e. The van der Waals surface area contributed by atoms with Crippen molar-refractivity contribution in [2.45, 2.75) is 25.7 Å². The van der Waals surface area contributed by atoms with Gasteiger partial charge in [-0.05, 0) is 37.3 Å². The molecule has 1 aliphatic rings. The summed E-state index contributed by atoms with van der Waals surface area (Å²) >= 11 is 0. The average molecular weight is 307 g/mol. The van der Waals surface area contributed by atoms with Crippen LogP contribution in [0.1, 0.15) is 25.7 Å². The molecule has 0 radical (unpaired) electrons. The minimum Gasteiger partial charge on any atom is -0.482 e. The molecule has 120 valence electrons. The third-order valence-electron chi connectivity index (χ3n) is 3.60. The minimum absolute atomic E-state index is 0.0399. The number of carbonyl (C=O) groups excluding carboxylic acids is 1. The van der Waals surface area contributed by atoms with Crippen LogP contribution < -0.4 is 10.1 Å². The van der Waals surface area contributed by atoms with Gasteiger partial charge in [0.15, 0.2) is 6.61 Å². The smallest absolute Gasteiger partial charge is 0.341 e. The highest BCUT2D eigenvalue weighted by molar-refractivity contribution is 5.90. The molecular formula is C16H21NO5. The van der Waals surface area contributed by atoms with Crippen molar-refractivity contribution in [3.63, 3.8) is 0 Å². The summed E-state index contributed by atoms with van der Waals surface area (Å²) in [5.41, 5.74) is 0.611.